The molecule has 0 aliphatic rings. The minimum Gasteiger partial charge on any atom is -0.492 e. The van der Waals surface area contributed by atoms with Gasteiger partial charge in [-0.2, -0.15) is 0 Å². The van der Waals surface area contributed by atoms with E-state index in [1.165, 1.54) is 5.69 Å². The van der Waals surface area contributed by atoms with Gasteiger partial charge < -0.3 is 9.64 Å². The summed E-state index contributed by atoms with van der Waals surface area (Å²) in [5, 5.41) is 0. The number of hydrogen-bond donors (Lipinski definition) is 0. The van der Waals surface area contributed by atoms with Gasteiger partial charge >= 0.3 is 0 Å². The highest BCUT2D eigenvalue weighted by atomic mass is 16.5. The average molecular weight is 240 g/mol. The smallest absolute Gasteiger partial charge is 0.119 e. The van der Waals surface area contributed by atoms with Crippen LogP contribution in [-0.2, 0) is 0 Å². The Morgan fingerprint density at radius 2 is 1.78 bits per heavy atom. The second-order valence-electron chi connectivity index (χ2n) is 4.00. The van der Waals surface area contributed by atoms with Crippen molar-refractivity contribution < 1.29 is 4.74 Å². The highest BCUT2D eigenvalue weighted by molar-refractivity contribution is 5.45. The summed E-state index contributed by atoms with van der Waals surface area (Å²) in [7, 11) is 0. The van der Waals surface area contributed by atoms with E-state index in [1.54, 1.807) is 0 Å². The Balaban J connectivity index is 1.85. The van der Waals surface area contributed by atoms with E-state index in [2.05, 4.69) is 42.2 Å². The van der Waals surface area contributed by atoms with Gasteiger partial charge in [-0.15, -0.1) is 0 Å². The molecule has 93 valence electrons. The molecule has 0 aliphatic carbocycles. The number of rotatable bonds is 6. The summed E-state index contributed by atoms with van der Waals surface area (Å²) in [5.74, 6) is 0.901. The average Bonchev–Trinajstić information content (AvgIpc) is 2.46. The van der Waals surface area contributed by atoms with Gasteiger partial charge in [-0.1, -0.05) is 30.3 Å². The van der Waals surface area contributed by atoms with Crippen LogP contribution in [0.1, 0.15) is 6.92 Å². The van der Waals surface area contributed by atoms with Gasteiger partial charge in [-0.25, -0.2) is 0 Å². The Hall–Kier alpha value is -1.96. The standard InChI is InChI=1S/C16H18NO/c1-2-17(15-9-5-3-6-10-15)13-14-18-16-11-7-4-8-12-16/h3,5-12H,2,13-14H2,1H3. The van der Waals surface area contributed by atoms with Gasteiger partial charge in [0.2, 0.25) is 0 Å². The molecular formula is C16H18NO. The molecule has 2 nitrogen and oxygen atoms in total. The number of hydrogen-bond acceptors (Lipinski definition) is 2. The summed E-state index contributed by atoms with van der Waals surface area (Å²) in [5.41, 5.74) is 1.24. The monoisotopic (exact) mass is 240 g/mol. The van der Waals surface area contributed by atoms with Crippen molar-refractivity contribution in [3.63, 3.8) is 0 Å². The van der Waals surface area contributed by atoms with Gasteiger partial charge in [0.15, 0.2) is 0 Å². The number of benzene rings is 2. The fraction of sp³-hybridized carbons (Fsp3) is 0.250. The van der Waals surface area contributed by atoms with Crippen molar-refractivity contribution >= 4 is 5.69 Å². The molecule has 2 rings (SSSR count). The largest absolute Gasteiger partial charge is 0.492 e. The Bertz CT molecular complexity index is 441. The molecule has 18 heavy (non-hydrogen) atoms. The molecule has 0 saturated carbocycles. The first-order chi connectivity index (χ1) is 8.90. The van der Waals surface area contributed by atoms with Crippen LogP contribution in [0.15, 0.2) is 54.6 Å². The Morgan fingerprint density at radius 3 is 2.44 bits per heavy atom. The van der Waals surface area contributed by atoms with Gasteiger partial charge in [0.05, 0.1) is 6.54 Å². The maximum absolute atomic E-state index is 5.70. The van der Waals surface area contributed by atoms with Crippen molar-refractivity contribution in [3.8, 4) is 5.75 Å². The quantitative estimate of drug-likeness (QED) is 0.767. The van der Waals surface area contributed by atoms with E-state index in [4.69, 9.17) is 4.74 Å². The Kier molecular flexibility index (Phi) is 4.65. The molecule has 0 unspecified atom stereocenters. The predicted molar refractivity (Wildman–Crippen MR) is 75.1 cm³/mol. The molecular weight excluding hydrogens is 222 g/mol. The maximum atomic E-state index is 5.70. The van der Waals surface area contributed by atoms with E-state index in [1.807, 2.05) is 30.3 Å². The molecule has 1 radical (unpaired) electrons. The zero-order valence-corrected chi connectivity index (χ0v) is 10.7. The third kappa shape index (κ3) is 3.52. The first-order valence-electron chi connectivity index (χ1n) is 6.29. The van der Waals surface area contributed by atoms with Crippen molar-refractivity contribution in [1.82, 2.24) is 0 Å². The molecule has 0 saturated heterocycles. The van der Waals surface area contributed by atoms with E-state index < -0.39 is 0 Å². The fourth-order valence-corrected chi connectivity index (χ4v) is 1.85. The number of ether oxygens (including phenoxy) is 1. The third-order valence-electron chi connectivity index (χ3n) is 2.82. The van der Waals surface area contributed by atoms with Crippen LogP contribution < -0.4 is 9.64 Å². The van der Waals surface area contributed by atoms with Crippen molar-refractivity contribution in [2.75, 3.05) is 24.6 Å². The minimum absolute atomic E-state index is 0.687. The highest BCUT2D eigenvalue weighted by Gasteiger charge is 2.03. The first kappa shape index (κ1) is 12.5. The van der Waals surface area contributed by atoms with Crippen LogP contribution in [0.25, 0.3) is 0 Å². The van der Waals surface area contributed by atoms with Crippen LogP contribution in [0.5, 0.6) is 5.75 Å². The summed E-state index contributed by atoms with van der Waals surface area (Å²) >= 11 is 0. The first-order valence-corrected chi connectivity index (χ1v) is 6.29. The second-order valence-corrected chi connectivity index (χ2v) is 4.00. The molecule has 0 aliphatic heterocycles. The van der Waals surface area contributed by atoms with Crippen LogP contribution in [0.3, 0.4) is 0 Å². The van der Waals surface area contributed by atoms with E-state index in [0.29, 0.717) is 6.61 Å². The zero-order chi connectivity index (χ0) is 12.6. The van der Waals surface area contributed by atoms with Gasteiger partial charge in [0.1, 0.15) is 12.4 Å². The van der Waals surface area contributed by atoms with Crippen molar-refractivity contribution in [1.29, 1.82) is 0 Å². The highest BCUT2D eigenvalue weighted by Crippen LogP contribution is 2.13. The number of anilines is 1. The lowest BCUT2D eigenvalue weighted by Gasteiger charge is -2.23. The van der Waals surface area contributed by atoms with Crippen molar-refractivity contribution in [2.45, 2.75) is 6.92 Å². The maximum Gasteiger partial charge on any atom is 0.119 e. The molecule has 0 heterocycles. The lowest BCUT2D eigenvalue weighted by atomic mass is 10.3. The predicted octanol–water partition coefficient (Wildman–Crippen LogP) is 3.39. The van der Waals surface area contributed by atoms with Crippen molar-refractivity contribution in [3.05, 3.63) is 60.7 Å². The number of nitrogens with zero attached hydrogens (tertiary/aromatic N) is 1. The Morgan fingerprint density at radius 1 is 1.06 bits per heavy atom. The summed E-state index contributed by atoms with van der Waals surface area (Å²) in [6, 6.07) is 21.0. The molecule has 0 bridgehead atoms. The molecule has 2 aromatic rings. The van der Waals surface area contributed by atoms with E-state index >= 15 is 0 Å². The summed E-state index contributed by atoms with van der Waals surface area (Å²) in [4.78, 5) is 2.30. The molecule has 2 heteroatoms. The van der Waals surface area contributed by atoms with Gasteiger partial charge in [0, 0.05) is 12.2 Å². The number of likely N-dealkylation sites (N-methyl/N-ethyl adjacent to an activating group) is 1. The second kappa shape index (κ2) is 6.70. The lowest BCUT2D eigenvalue weighted by Crippen LogP contribution is -2.27. The van der Waals surface area contributed by atoms with Crippen LogP contribution in [0.4, 0.5) is 5.69 Å². The fourth-order valence-electron chi connectivity index (χ4n) is 1.85. The van der Waals surface area contributed by atoms with E-state index in [9.17, 15) is 0 Å². The molecule has 2 aromatic carbocycles. The van der Waals surface area contributed by atoms with Gasteiger partial charge in [0.25, 0.3) is 0 Å². The molecule has 0 atom stereocenters. The Labute approximate surface area is 109 Å². The van der Waals surface area contributed by atoms with Crippen LogP contribution in [0.2, 0.25) is 0 Å². The van der Waals surface area contributed by atoms with E-state index in [0.717, 1.165) is 18.8 Å². The van der Waals surface area contributed by atoms with Crippen molar-refractivity contribution in [2.24, 2.45) is 0 Å². The van der Waals surface area contributed by atoms with Crippen LogP contribution in [-0.4, -0.2) is 19.7 Å². The van der Waals surface area contributed by atoms with Gasteiger partial charge in [-0.05, 0) is 37.3 Å². The molecule has 0 fully saturated rings. The summed E-state index contributed by atoms with van der Waals surface area (Å²) in [6.07, 6.45) is 0. The summed E-state index contributed by atoms with van der Waals surface area (Å²) < 4.78 is 5.70. The molecule has 0 amide bonds. The minimum atomic E-state index is 0.687. The topological polar surface area (TPSA) is 12.5 Å². The molecule has 0 spiro atoms. The lowest BCUT2D eigenvalue weighted by molar-refractivity contribution is 0.324. The summed E-state index contributed by atoms with van der Waals surface area (Å²) in [6.45, 7) is 4.71. The van der Waals surface area contributed by atoms with Crippen LogP contribution in [0, 0.1) is 6.07 Å². The van der Waals surface area contributed by atoms with Gasteiger partial charge in [-0.3, -0.25) is 0 Å². The third-order valence-corrected chi connectivity index (χ3v) is 2.82. The zero-order valence-electron chi connectivity index (χ0n) is 10.7. The van der Waals surface area contributed by atoms with Crippen LogP contribution >= 0.6 is 0 Å². The van der Waals surface area contributed by atoms with E-state index in [-0.39, 0.29) is 0 Å². The molecule has 0 N–H and O–H groups in total. The normalized spacial score (nSPS) is 10.1. The number of para-hydroxylation sites is 1. The SMILES string of the molecule is CCN(CCOc1cc[c]cc1)c1ccccc1. The molecule has 0 aromatic heterocycles.